The second-order valence-electron chi connectivity index (χ2n) is 3.96. The molecule has 0 aliphatic rings. The number of aryl methyl sites for hydroxylation is 1. The van der Waals surface area contributed by atoms with E-state index < -0.39 is 5.97 Å². The number of nitrogens with zero attached hydrogens (tertiary/aromatic N) is 1. The first-order chi connectivity index (χ1) is 8.00. The van der Waals surface area contributed by atoms with E-state index in [2.05, 4.69) is 0 Å². The van der Waals surface area contributed by atoms with Gasteiger partial charge in [0.25, 0.3) is 0 Å². The summed E-state index contributed by atoms with van der Waals surface area (Å²) in [4.78, 5) is 11.2. The summed E-state index contributed by atoms with van der Waals surface area (Å²) in [5.41, 5.74) is 2.41. The largest absolute Gasteiger partial charge is 0.508 e. The lowest BCUT2D eigenvalue weighted by atomic mass is 10.1. The molecular formula is C13H13NO3. The van der Waals surface area contributed by atoms with Gasteiger partial charge in [-0.05, 0) is 30.7 Å². The molecule has 2 rings (SSSR count). The fraction of sp³-hybridized carbons (Fsp3) is 0.154. The minimum Gasteiger partial charge on any atom is -0.508 e. The van der Waals surface area contributed by atoms with Gasteiger partial charge in [0.1, 0.15) is 11.4 Å². The van der Waals surface area contributed by atoms with Gasteiger partial charge in [0, 0.05) is 18.3 Å². The molecule has 0 aliphatic heterocycles. The predicted octanol–water partition coefficient (Wildman–Crippen LogP) is 2.40. The Morgan fingerprint density at radius 2 is 2.00 bits per heavy atom. The van der Waals surface area contributed by atoms with Crippen molar-refractivity contribution in [2.45, 2.75) is 6.92 Å². The fourth-order valence-corrected chi connectivity index (χ4v) is 1.88. The topological polar surface area (TPSA) is 62.5 Å². The third-order valence-corrected chi connectivity index (χ3v) is 2.83. The van der Waals surface area contributed by atoms with Gasteiger partial charge in [0.05, 0.1) is 0 Å². The van der Waals surface area contributed by atoms with E-state index >= 15 is 0 Å². The smallest absolute Gasteiger partial charge is 0.353 e. The van der Waals surface area contributed by atoms with E-state index in [1.807, 2.05) is 6.92 Å². The number of carboxylic acid groups (broad SMARTS) is 1. The minimum atomic E-state index is -0.973. The van der Waals surface area contributed by atoms with Crippen LogP contribution in [0, 0.1) is 6.92 Å². The molecule has 2 aromatic rings. The van der Waals surface area contributed by atoms with Crippen molar-refractivity contribution in [1.29, 1.82) is 0 Å². The zero-order valence-corrected chi connectivity index (χ0v) is 9.64. The third kappa shape index (κ3) is 1.89. The number of benzene rings is 1. The fourth-order valence-electron chi connectivity index (χ4n) is 1.88. The first-order valence-electron chi connectivity index (χ1n) is 5.19. The number of carbonyl (C=O) groups is 1. The van der Waals surface area contributed by atoms with Crippen LogP contribution in [0.5, 0.6) is 5.75 Å². The van der Waals surface area contributed by atoms with Gasteiger partial charge in [-0.2, -0.15) is 0 Å². The van der Waals surface area contributed by atoms with Gasteiger partial charge in [0.15, 0.2) is 0 Å². The molecule has 0 radical (unpaired) electrons. The van der Waals surface area contributed by atoms with Crippen LogP contribution in [-0.2, 0) is 7.05 Å². The van der Waals surface area contributed by atoms with Crippen molar-refractivity contribution >= 4 is 5.97 Å². The standard InChI is InChI=1S/C13H13NO3/c1-8-6-11(12(13(16)17)14(8)2)9-4-3-5-10(15)7-9/h3-7,15H,1-2H3,(H,16,17). The molecule has 17 heavy (non-hydrogen) atoms. The molecule has 0 saturated heterocycles. The highest BCUT2D eigenvalue weighted by Gasteiger charge is 2.18. The summed E-state index contributed by atoms with van der Waals surface area (Å²) in [6.07, 6.45) is 0. The Kier molecular flexibility index (Phi) is 2.63. The Morgan fingerprint density at radius 1 is 1.29 bits per heavy atom. The molecule has 4 heteroatoms. The van der Waals surface area contributed by atoms with Crippen molar-refractivity contribution in [3.8, 4) is 16.9 Å². The lowest BCUT2D eigenvalue weighted by Gasteiger charge is -2.04. The van der Waals surface area contributed by atoms with Crippen LogP contribution in [0.2, 0.25) is 0 Å². The summed E-state index contributed by atoms with van der Waals surface area (Å²) in [6, 6.07) is 8.39. The van der Waals surface area contributed by atoms with Crippen LogP contribution in [0.3, 0.4) is 0 Å². The van der Waals surface area contributed by atoms with Crippen LogP contribution in [0.1, 0.15) is 16.2 Å². The number of hydrogen-bond donors (Lipinski definition) is 2. The average molecular weight is 231 g/mol. The molecule has 0 saturated carbocycles. The van der Waals surface area contributed by atoms with E-state index in [-0.39, 0.29) is 11.4 Å². The maximum atomic E-state index is 11.2. The first-order valence-corrected chi connectivity index (χ1v) is 5.19. The van der Waals surface area contributed by atoms with E-state index in [4.69, 9.17) is 0 Å². The van der Waals surface area contributed by atoms with Crippen LogP contribution < -0.4 is 0 Å². The third-order valence-electron chi connectivity index (χ3n) is 2.83. The Balaban J connectivity index is 2.67. The second-order valence-corrected chi connectivity index (χ2v) is 3.96. The molecule has 1 aromatic carbocycles. The highest BCUT2D eigenvalue weighted by molar-refractivity contribution is 5.95. The zero-order valence-electron chi connectivity index (χ0n) is 9.64. The zero-order chi connectivity index (χ0) is 12.6. The normalized spacial score (nSPS) is 10.5. The van der Waals surface area contributed by atoms with Gasteiger partial charge in [-0.3, -0.25) is 0 Å². The van der Waals surface area contributed by atoms with Gasteiger partial charge in [-0.25, -0.2) is 4.79 Å². The predicted molar refractivity (Wildman–Crippen MR) is 64.2 cm³/mol. The van der Waals surface area contributed by atoms with E-state index in [0.717, 1.165) is 5.69 Å². The number of carboxylic acids is 1. The minimum absolute atomic E-state index is 0.125. The molecule has 0 atom stereocenters. The van der Waals surface area contributed by atoms with E-state index in [9.17, 15) is 15.0 Å². The second kappa shape index (κ2) is 3.97. The summed E-state index contributed by atoms with van der Waals surface area (Å²) < 4.78 is 1.63. The number of rotatable bonds is 2. The molecule has 0 fully saturated rings. The number of hydrogen-bond acceptors (Lipinski definition) is 2. The van der Waals surface area contributed by atoms with E-state index in [0.29, 0.717) is 11.1 Å². The summed E-state index contributed by atoms with van der Waals surface area (Å²) in [5.74, 6) is -0.848. The summed E-state index contributed by atoms with van der Waals surface area (Å²) in [7, 11) is 1.71. The van der Waals surface area contributed by atoms with Gasteiger partial charge in [0.2, 0.25) is 0 Å². The van der Waals surface area contributed by atoms with Gasteiger partial charge >= 0.3 is 5.97 Å². The molecule has 0 aliphatic carbocycles. The summed E-state index contributed by atoms with van der Waals surface area (Å²) >= 11 is 0. The Morgan fingerprint density at radius 3 is 2.59 bits per heavy atom. The van der Waals surface area contributed by atoms with Crippen LogP contribution in [0.25, 0.3) is 11.1 Å². The van der Waals surface area contributed by atoms with Gasteiger partial charge < -0.3 is 14.8 Å². The number of phenolic OH excluding ortho intramolecular Hbond substituents is 1. The van der Waals surface area contributed by atoms with Crippen LogP contribution >= 0.6 is 0 Å². The van der Waals surface area contributed by atoms with Crippen molar-refractivity contribution in [3.05, 3.63) is 41.7 Å². The van der Waals surface area contributed by atoms with Crippen molar-refractivity contribution in [3.63, 3.8) is 0 Å². The Bertz CT molecular complexity index is 584. The molecule has 0 unspecified atom stereocenters. The number of phenols is 1. The maximum Gasteiger partial charge on any atom is 0.353 e. The number of aromatic hydroxyl groups is 1. The molecule has 1 aromatic heterocycles. The van der Waals surface area contributed by atoms with Crippen molar-refractivity contribution in [2.75, 3.05) is 0 Å². The Hall–Kier alpha value is -2.23. The van der Waals surface area contributed by atoms with Crippen LogP contribution in [0.15, 0.2) is 30.3 Å². The summed E-state index contributed by atoms with van der Waals surface area (Å²) in [5, 5.41) is 18.6. The summed E-state index contributed by atoms with van der Waals surface area (Å²) in [6.45, 7) is 1.85. The van der Waals surface area contributed by atoms with Crippen LogP contribution in [-0.4, -0.2) is 20.7 Å². The van der Waals surface area contributed by atoms with Crippen LogP contribution in [0.4, 0.5) is 0 Å². The highest BCUT2D eigenvalue weighted by Crippen LogP contribution is 2.28. The van der Waals surface area contributed by atoms with Gasteiger partial charge in [-0.15, -0.1) is 0 Å². The first kappa shape index (κ1) is 11.3. The molecule has 88 valence electrons. The van der Waals surface area contributed by atoms with Crippen molar-refractivity contribution in [1.82, 2.24) is 4.57 Å². The average Bonchev–Trinajstić information content (AvgIpc) is 2.55. The highest BCUT2D eigenvalue weighted by atomic mass is 16.4. The van der Waals surface area contributed by atoms with E-state index in [1.54, 1.807) is 41.9 Å². The monoisotopic (exact) mass is 231 g/mol. The van der Waals surface area contributed by atoms with E-state index in [1.165, 1.54) is 0 Å². The molecule has 4 nitrogen and oxygen atoms in total. The maximum absolute atomic E-state index is 11.2. The van der Waals surface area contributed by atoms with Crippen molar-refractivity contribution < 1.29 is 15.0 Å². The number of aromatic nitrogens is 1. The lowest BCUT2D eigenvalue weighted by molar-refractivity contribution is 0.0687. The molecule has 2 N–H and O–H groups in total. The number of aromatic carboxylic acids is 1. The SMILES string of the molecule is Cc1cc(-c2cccc(O)c2)c(C(=O)O)n1C. The quantitative estimate of drug-likeness (QED) is 0.834. The van der Waals surface area contributed by atoms with Crippen molar-refractivity contribution in [2.24, 2.45) is 7.05 Å². The Labute approximate surface area is 98.8 Å². The lowest BCUT2D eigenvalue weighted by Crippen LogP contribution is -2.06. The molecule has 0 amide bonds. The molecule has 1 heterocycles. The molecular weight excluding hydrogens is 218 g/mol. The molecule has 0 bridgehead atoms. The molecule has 0 spiro atoms. The van der Waals surface area contributed by atoms with Gasteiger partial charge in [-0.1, -0.05) is 12.1 Å².